The van der Waals surface area contributed by atoms with Gasteiger partial charge in [0.1, 0.15) is 22.6 Å². The second kappa shape index (κ2) is 7.76. The van der Waals surface area contributed by atoms with E-state index >= 15 is 0 Å². The normalized spacial score (nSPS) is 18.2. The van der Waals surface area contributed by atoms with Crippen molar-refractivity contribution in [1.29, 1.82) is 0 Å². The number of carbonyl (C=O) groups excluding carboxylic acids is 1. The third kappa shape index (κ3) is 3.55. The van der Waals surface area contributed by atoms with Crippen LogP contribution in [0.2, 0.25) is 5.02 Å². The standard InChI is InChI=1S/C18H18ClN5O3S/c1-10-21-22-18-24(10)23-15(11-5-6-14(26-2)13(19)8-11)16(28-18)17(25)20-9-12-4-3-7-27-12/h3-8,15-16,23H,9H2,1-2H3,(H,20,25). The average molecular weight is 420 g/mol. The molecule has 0 saturated carbocycles. The summed E-state index contributed by atoms with van der Waals surface area (Å²) in [5.74, 6) is 1.83. The molecule has 2 aromatic heterocycles. The van der Waals surface area contributed by atoms with Crippen molar-refractivity contribution >= 4 is 29.3 Å². The van der Waals surface area contributed by atoms with E-state index in [2.05, 4.69) is 20.9 Å². The highest BCUT2D eigenvalue weighted by molar-refractivity contribution is 8.00. The Labute approximate surface area is 170 Å². The summed E-state index contributed by atoms with van der Waals surface area (Å²) in [4.78, 5) is 13.0. The van der Waals surface area contributed by atoms with E-state index in [1.807, 2.05) is 19.1 Å². The number of nitrogens with zero attached hydrogens (tertiary/aromatic N) is 3. The first-order valence-corrected chi connectivity index (χ1v) is 9.81. The molecule has 1 aromatic carbocycles. The monoisotopic (exact) mass is 419 g/mol. The summed E-state index contributed by atoms with van der Waals surface area (Å²) in [5, 5.41) is 11.8. The zero-order chi connectivity index (χ0) is 19.7. The van der Waals surface area contributed by atoms with Gasteiger partial charge in [0, 0.05) is 0 Å². The summed E-state index contributed by atoms with van der Waals surface area (Å²) in [5.41, 5.74) is 4.19. The number of furan rings is 1. The topological polar surface area (TPSA) is 94.2 Å². The van der Waals surface area contributed by atoms with Crippen molar-refractivity contribution in [2.45, 2.75) is 29.9 Å². The lowest BCUT2D eigenvalue weighted by Gasteiger charge is -2.32. The van der Waals surface area contributed by atoms with Gasteiger partial charge < -0.3 is 19.9 Å². The molecule has 2 unspecified atom stereocenters. The fraction of sp³-hybridized carbons (Fsp3) is 0.278. The minimum Gasteiger partial charge on any atom is -0.495 e. The lowest BCUT2D eigenvalue weighted by atomic mass is 10.0. The molecule has 1 aliphatic heterocycles. The molecule has 0 fully saturated rings. The molecule has 4 rings (SSSR count). The second-order valence-electron chi connectivity index (χ2n) is 6.20. The Morgan fingerprint density at radius 2 is 2.29 bits per heavy atom. The number of amides is 1. The van der Waals surface area contributed by atoms with Gasteiger partial charge >= 0.3 is 0 Å². The summed E-state index contributed by atoms with van der Waals surface area (Å²) in [6.07, 6.45) is 1.58. The van der Waals surface area contributed by atoms with E-state index in [9.17, 15) is 4.79 Å². The minimum absolute atomic E-state index is 0.141. The molecule has 0 spiro atoms. The van der Waals surface area contributed by atoms with Crippen LogP contribution >= 0.6 is 23.4 Å². The number of aromatic nitrogens is 3. The summed E-state index contributed by atoms with van der Waals surface area (Å²) in [6, 6.07) is 8.73. The molecule has 2 N–H and O–H groups in total. The molecule has 0 bridgehead atoms. The van der Waals surface area contributed by atoms with E-state index < -0.39 is 5.25 Å². The number of rotatable bonds is 5. The number of thioether (sulfide) groups is 1. The van der Waals surface area contributed by atoms with Crippen LogP contribution in [0.25, 0.3) is 0 Å². The summed E-state index contributed by atoms with van der Waals surface area (Å²) < 4.78 is 12.3. The van der Waals surface area contributed by atoms with Gasteiger partial charge in [-0.05, 0) is 36.8 Å². The highest BCUT2D eigenvalue weighted by Gasteiger charge is 2.37. The smallest absolute Gasteiger partial charge is 0.236 e. The third-order valence-electron chi connectivity index (χ3n) is 4.41. The van der Waals surface area contributed by atoms with E-state index in [0.717, 1.165) is 5.56 Å². The van der Waals surface area contributed by atoms with Gasteiger partial charge in [-0.25, -0.2) is 4.68 Å². The van der Waals surface area contributed by atoms with Gasteiger partial charge in [0.15, 0.2) is 0 Å². The van der Waals surface area contributed by atoms with Gasteiger partial charge in [0.2, 0.25) is 11.1 Å². The Morgan fingerprint density at radius 3 is 3.00 bits per heavy atom. The van der Waals surface area contributed by atoms with E-state index in [0.29, 0.717) is 34.1 Å². The first kappa shape index (κ1) is 18.7. The highest BCUT2D eigenvalue weighted by atomic mass is 35.5. The number of carbonyl (C=O) groups is 1. The lowest BCUT2D eigenvalue weighted by Crippen LogP contribution is -2.44. The molecule has 28 heavy (non-hydrogen) atoms. The first-order valence-electron chi connectivity index (χ1n) is 8.55. The number of nitrogens with one attached hydrogen (secondary N) is 2. The van der Waals surface area contributed by atoms with Crippen molar-refractivity contribution in [1.82, 2.24) is 20.2 Å². The van der Waals surface area contributed by atoms with E-state index in [4.69, 9.17) is 20.8 Å². The van der Waals surface area contributed by atoms with Crippen LogP contribution in [0.5, 0.6) is 5.75 Å². The van der Waals surface area contributed by atoms with Gasteiger partial charge in [-0.3, -0.25) is 4.79 Å². The fourth-order valence-corrected chi connectivity index (χ4v) is 4.39. The quantitative estimate of drug-likeness (QED) is 0.656. The number of hydrogen-bond donors (Lipinski definition) is 2. The number of hydrogen-bond acceptors (Lipinski definition) is 7. The highest BCUT2D eigenvalue weighted by Crippen LogP contribution is 2.38. The largest absolute Gasteiger partial charge is 0.495 e. The van der Waals surface area contributed by atoms with Crippen LogP contribution in [0.3, 0.4) is 0 Å². The Hall–Kier alpha value is -2.65. The maximum Gasteiger partial charge on any atom is 0.236 e. The van der Waals surface area contributed by atoms with Crippen molar-refractivity contribution in [2.75, 3.05) is 12.5 Å². The molecule has 0 aliphatic carbocycles. The van der Waals surface area contributed by atoms with Crippen LogP contribution in [0.1, 0.15) is 23.2 Å². The molecule has 0 saturated heterocycles. The molecule has 2 atom stereocenters. The van der Waals surface area contributed by atoms with Crippen LogP contribution in [-0.2, 0) is 11.3 Å². The third-order valence-corrected chi connectivity index (χ3v) is 5.92. The van der Waals surface area contributed by atoms with Crippen LogP contribution in [0, 0.1) is 6.92 Å². The molecule has 3 aromatic rings. The van der Waals surface area contributed by atoms with Crippen molar-refractivity contribution in [3.63, 3.8) is 0 Å². The molecular weight excluding hydrogens is 402 g/mol. The van der Waals surface area contributed by atoms with Gasteiger partial charge in [0.05, 0.1) is 31.0 Å². The van der Waals surface area contributed by atoms with Crippen molar-refractivity contribution < 1.29 is 13.9 Å². The van der Waals surface area contributed by atoms with Crippen LogP contribution in [0.15, 0.2) is 46.2 Å². The maximum absolute atomic E-state index is 13.0. The number of fused-ring (bicyclic) bond motifs is 1. The molecule has 0 radical (unpaired) electrons. The van der Waals surface area contributed by atoms with Crippen molar-refractivity contribution in [3.05, 3.63) is 58.8 Å². The van der Waals surface area contributed by atoms with Gasteiger partial charge in [0.25, 0.3) is 0 Å². The molecule has 146 valence electrons. The number of aryl methyl sites for hydroxylation is 1. The maximum atomic E-state index is 13.0. The number of benzene rings is 1. The number of ether oxygens (including phenoxy) is 1. The molecule has 3 heterocycles. The number of halogens is 1. The average Bonchev–Trinajstić information content (AvgIpc) is 3.35. The Balaban J connectivity index is 1.63. The van der Waals surface area contributed by atoms with Gasteiger partial charge in [-0.1, -0.05) is 29.4 Å². The zero-order valence-electron chi connectivity index (χ0n) is 15.2. The molecule has 1 aliphatic rings. The predicted octanol–water partition coefficient (Wildman–Crippen LogP) is 2.92. The molecule has 8 nitrogen and oxygen atoms in total. The molecular formula is C18H18ClN5O3S. The summed E-state index contributed by atoms with van der Waals surface area (Å²) >= 11 is 7.66. The minimum atomic E-state index is -0.476. The summed E-state index contributed by atoms with van der Waals surface area (Å²) in [7, 11) is 1.56. The zero-order valence-corrected chi connectivity index (χ0v) is 16.8. The molecule has 1 amide bonds. The van der Waals surface area contributed by atoms with E-state index in [1.54, 1.807) is 36.2 Å². The van der Waals surface area contributed by atoms with Gasteiger partial charge in [-0.2, -0.15) is 0 Å². The predicted molar refractivity (Wildman–Crippen MR) is 105 cm³/mol. The van der Waals surface area contributed by atoms with Crippen LogP contribution in [-0.4, -0.2) is 33.1 Å². The van der Waals surface area contributed by atoms with E-state index in [1.165, 1.54) is 11.8 Å². The van der Waals surface area contributed by atoms with Crippen molar-refractivity contribution in [2.24, 2.45) is 0 Å². The van der Waals surface area contributed by atoms with Gasteiger partial charge in [-0.15, -0.1) is 10.2 Å². The molecule has 10 heteroatoms. The Morgan fingerprint density at radius 1 is 1.43 bits per heavy atom. The van der Waals surface area contributed by atoms with Crippen molar-refractivity contribution in [3.8, 4) is 5.75 Å². The Kier molecular flexibility index (Phi) is 5.19. The summed E-state index contributed by atoms with van der Waals surface area (Å²) in [6.45, 7) is 2.16. The van der Waals surface area contributed by atoms with Crippen LogP contribution in [0.4, 0.5) is 0 Å². The SMILES string of the molecule is COc1ccc(C2Nn3c(C)nnc3SC2C(=O)NCc2ccco2)cc1Cl. The Bertz CT molecular complexity index is 991. The lowest BCUT2D eigenvalue weighted by molar-refractivity contribution is -0.121. The van der Waals surface area contributed by atoms with Crippen LogP contribution < -0.4 is 15.5 Å². The van der Waals surface area contributed by atoms with E-state index in [-0.39, 0.29) is 11.9 Å². The second-order valence-corrected chi connectivity index (χ2v) is 7.72. The fourth-order valence-electron chi connectivity index (χ4n) is 2.97. The first-order chi connectivity index (χ1) is 13.6. The number of methoxy groups -OCH3 is 1.